The van der Waals surface area contributed by atoms with Crippen LogP contribution >= 0.6 is 0 Å². The van der Waals surface area contributed by atoms with Crippen molar-refractivity contribution in [2.24, 2.45) is 0 Å². The van der Waals surface area contributed by atoms with Crippen LogP contribution in [0.4, 0.5) is 16.2 Å². The number of hydrogen-bond acceptors (Lipinski definition) is 6. The summed E-state index contributed by atoms with van der Waals surface area (Å²) in [6.45, 7) is 8.03. The molecule has 0 radical (unpaired) electrons. The molecule has 1 amide bonds. The van der Waals surface area contributed by atoms with Crippen molar-refractivity contribution in [1.82, 2.24) is 4.90 Å². The number of piperazine rings is 1. The highest BCUT2D eigenvalue weighted by molar-refractivity contribution is 7.92. The number of hydrogen-bond donors (Lipinski definition) is 1. The maximum Gasteiger partial charge on any atom is 0.410 e. The van der Waals surface area contributed by atoms with E-state index in [9.17, 15) is 13.2 Å². The van der Waals surface area contributed by atoms with Gasteiger partial charge in [0.1, 0.15) is 11.2 Å². The zero-order valence-electron chi connectivity index (χ0n) is 18.4. The van der Waals surface area contributed by atoms with E-state index in [4.69, 9.17) is 9.15 Å². The van der Waals surface area contributed by atoms with Gasteiger partial charge in [0.25, 0.3) is 10.0 Å². The molecule has 1 saturated heterocycles. The van der Waals surface area contributed by atoms with Crippen LogP contribution in [0, 0.1) is 0 Å². The monoisotopic (exact) mass is 457 g/mol. The molecule has 0 spiro atoms. The van der Waals surface area contributed by atoms with E-state index in [1.807, 2.05) is 39.0 Å². The van der Waals surface area contributed by atoms with Crippen molar-refractivity contribution in [3.05, 3.63) is 54.6 Å². The molecule has 2 aromatic carbocycles. The number of anilines is 2. The topological polar surface area (TPSA) is 92.1 Å². The lowest BCUT2D eigenvalue weighted by Gasteiger charge is -2.36. The highest BCUT2D eigenvalue weighted by Crippen LogP contribution is 2.26. The number of ether oxygens (including phenoxy) is 1. The molecule has 32 heavy (non-hydrogen) atoms. The van der Waals surface area contributed by atoms with Crippen LogP contribution in [-0.2, 0) is 14.8 Å². The number of carbonyl (C=O) groups is 1. The van der Waals surface area contributed by atoms with E-state index in [1.165, 1.54) is 6.07 Å². The van der Waals surface area contributed by atoms with Gasteiger partial charge in [-0.05, 0) is 51.1 Å². The number of para-hydroxylation sites is 1. The van der Waals surface area contributed by atoms with E-state index in [0.717, 1.165) is 11.1 Å². The smallest absolute Gasteiger partial charge is 0.410 e. The summed E-state index contributed by atoms with van der Waals surface area (Å²) in [7, 11) is -3.83. The maximum atomic E-state index is 12.7. The second-order valence-corrected chi connectivity index (χ2v) is 10.3. The Morgan fingerprint density at radius 1 is 1.00 bits per heavy atom. The van der Waals surface area contributed by atoms with Crippen molar-refractivity contribution in [3.8, 4) is 0 Å². The zero-order valence-corrected chi connectivity index (χ0v) is 19.2. The quantitative estimate of drug-likeness (QED) is 0.628. The maximum absolute atomic E-state index is 12.7. The van der Waals surface area contributed by atoms with Crippen molar-refractivity contribution in [2.75, 3.05) is 35.8 Å². The van der Waals surface area contributed by atoms with Gasteiger partial charge in [0.05, 0.1) is 0 Å². The van der Waals surface area contributed by atoms with Crippen LogP contribution in [0.25, 0.3) is 11.0 Å². The molecule has 1 N–H and O–H groups in total. The molecule has 0 atom stereocenters. The number of rotatable bonds is 4. The molecule has 4 rings (SSSR count). The van der Waals surface area contributed by atoms with Crippen LogP contribution < -0.4 is 9.62 Å². The number of nitrogens with zero attached hydrogens (tertiary/aromatic N) is 2. The fraction of sp³-hybridized carbons (Fsp3) is 0.348. The Hall–Kier alpha value is -3.20. The molecule has 170 valence electrons. The molecule has 8 nitrogen and oxygen atoms in total. The van der Waals surface area contributed by atoms with Crippen molar-refractivity contribution in [1.29, 1.82) is 0 Å². The van der Waals surface area contributed by atoms with Crippen molar-refractivity contribution < 1.29 is 22.4 Å². The van der Waals surface area contributed by atoms with Gasteiger partial charge < -0.3 is 19.0 Å². The van der Waals surface area contributed by atoms with Crippen molar-refractivity contribution >= 4 is 38.5 Å². The summed E-state index contributed by atoms with van der Waals surface area (Å²) in [6.07, 6.45) is -0.299. The highest BCUT2D eigenvalue weighted by atomic mass is 32.2. The van der Waals surface area contributed by atoms with E-state index in [1.54, 1.807) is 35.2 Å². The Kier molecular flexibility index (Phi) is 5.77. The summed E-state index contributed by atoms with van der Waals surface area (Å²) in [5.74, 6) is 0. The highest BCUT2D eigenvalue weighted by Gasteiger charge is 2.26. The molecule has 0 saturated carbocycles. The Balaban J connectivity index is 1.38. The summed E-state index contributed by atoms with van der Waals surface area (Å²) in [5.41, 5.74) is 1.41. The van der Waals surface area contributed by atoms with Gasteiger partial charge in [0.2, 0.25) is 5.09 Å². The molecule has 0 aliphatic carbocycles. The summed E-state index contributed by atoms with van der Waals surface area (Å²) in [5, 5.41) is 0.606. The Morgan fingerprint density at radius 2 is 1.66 bits per heavy atom. The first-order chi connectivity index (χ1) is 15.1. The van der Waals surface area contributed by atoms with Gasteiger partial charge in [0.15, 0.2) is 0 Å². The average molecular weight is 458 g/mol. The Labute approximate surface area is 187 Å². The second kappa shape index (κ2) is 8.38. The van der Waals surface area contributed by atoms with E-state index in [2.05, 4.69) is 9.62 Å². The number of fused-ring (bicyclic) bond motifs is 1. The van der Waals surface area contributed by atoms with E-state index < -0.39 is 15.6 Å². The molecule has 3 aromatic rings. The molecular weight excluding hydrogens is 430 g/mol. The van der Waals surface area contributed by atoms with Gasteiger partial charge in [0, 0.05) is 49.0 Å². The lowest BCUT2D eigenvalue weighted by Crippen LogP contribution is -2.50. The molecule has 1 aliphatic heterocycles. The predicted molar refractivity (Wildman–Crippen MR) is 123 cm³/mol. The lowest BCUT2D eigenvalue weighted by atomic mass is 10.2. The van der Waals surface area contributed by atoms with Crippen LogP contribution in [0.15, 0.2) is 64.1 Å². The SMILES string of the molecule is CC(C)(C)OC(=O)N1CCN(c2ccc(NS(=O)(=O)c3cc4ccccc4o3)cc2)CC1. The first-order valence-electron chi connectivity index (χ1n) is 10.5. The summed E-state index contributed by atoms with van der Waals surface area (Å²) >= 11 is 0. The number of sulfonamides is 1. The van der Waals surface area contributed by atoms with Gasteiger partial charge in [-0.15, -0.1) is 0 Å². The van der Waals surface area contributed by atoms with Gasteiger partial charge >= 0.3 is 6.09 Å². The number of benzene rings is 2. The molecular formula is C23H27N3O5S. The van der Waals surface area contributed by atoms with Crippen LogP contribution in [-0.4, -0.2) is 51.2 Å². The van der Waals surface area contributed by atoms with Crippen LogP contribution in [0.3, 0.4) is 0 Å². The van der Waals surface area contributed by atoms with Gasteiger partial charge in [-0.25, -0.2) is 4.79 Å². The van der Waals surface area contributed by atoms with Gasteiger partial charge in [-0.2, -0.15) is 8.42 Å². The first-order valence-corrected chi connectivity index (χ1v) is 11.9. The molecule has 0 unspecified atom stereocenters. The summed E-state index contributed by atoms with van der Waals surface area (Å²) < 4.78 is 38.9. The molecule has 9 heteroatoms. The Bertz CT molecular complexity index is 1170. The Morgan fingerprint density at radius 3 is 2.28 bits per heavy atom. The van der Waals surface area contributed by atoms with Crippen LogP contribution in [0.2, 0.25) is 0 Å². The minimum absolute atomic E-state index is 0.124. The third-order valence-electron chi connectivity index (χ3n) is 5.08. The third kappa shape index (κ3) is 4.99. The van der Waals surface area contributed by atoms with E-state index in [-0.39, 0.29) is 11.2 Å². The molecule has 2 heterocycles. The van der Waals surface area contributed by atoms with Gasteiger partial charge in [-0.3, -0.25) is 4.72 Å². The van der Waals surface area contributed by atoms with Crippen LogP contribution in [0.1, 0.15) is 20.8 Å². The minimum Gasteiger partial charge on any atom is -0.444 e. The number of amides is 1. The van der Waals surface area contributed by atoms with Crippen molar-refractivity contribution in [2.45, 2.75) is 31.5 Å². The lowest BCUT2D eigenvalue weighted by molar-refractivity contribution is 0.0240. The standard InChI is InChI=1S/C23H27N3O5S/c1-23(2,3)31-22(27)26-14-12-25(13-15-26)19-10-8-18(9-11-19)24-32(28,29)21-16-17-6-4-5-7-20(17)30-21/h4-11,16,24H,12-15H2,1-3H3. The number of furan rings is 1. The molecule has 0 bridgehead atoms. The van der Waals surface area contributed by atoms with Crippen molar-refractivity contribution in [3.63, 3.8) is 0 Å². The predicted octanol–water partition coefficient (Wildman–Crippen LogP) is 4.29. The average Bonchev–Trinajstić information content (AvgIpc) is 3.18. The fourth-order valence-electron chi connectivity index (χ4n) is 3.51. The molecule has 1 aliphatic rings. The van der Waals surface area contributed by atoms with E-state index >= 15 is 0 Å². The largest absolute Gasteiger partial charge is 0.444 e. The second-order valence-electron chi connectivity index (χ2n) is 8.71. The molecule has 1 aromatic heterocycles. The fourth-order valence-corrected chi connectivity index (χ4v) is 4.54. The zero-order chi connectivity index (χ0) is 22.9. The third-order valence-corrected chi connectivity index (χ3v) is 6.32. The first kappa shape index (κ1) is 22.0. The van der Waals surface area contributed by atoms with Gasteiger partial charge in [-0.1, -0.05) is 18.2 Å². The minimum atomic E-state index is -3.83. The molecule has 1 fully saturated rings. The van der Waals surface area contributed by atoms with E-state index in [0.29, 0.717) is 37.4 Å². The number of carbonyl (C=O) groups excluding carboxylic acids is 1. The normalized spacial score (nSPS) is 15.1. The van der Waals surface area contributed by atoms with Crippen LogP contribution in [0.5, 0.6) is 0 Å². The number of nitrogens with one attached hydrogen (secondary N) is 1. The summed E-state index contributed by atoms with van der Waals surface area (Å²) in [4.78, 5) is 16.1. The summed E-state index contributed by atoms with van der Waals surface area (Å²) in [6, 6.07) is 15.8.